The second kappa shape index (κ2) is 7.83. The molecule has 0 radical (unpaired) electrons. The van der Waals surface area contributed by atoms with Gasteiger partial charge in [-0.2, -0.15) is 0 Å². The number of benzene rings is 1. The van der Waals surface area contributed by atoms with Crippen molar-refractivity contribution in [3.63, 3.8) is 0 Å². The van der Waals surface area contributed by atoms with E-state index in [1.807, 2.05) is 0 Å². The molecule has 1 aromatic heterocycles. The lowest BCUT2D eigenvalue weighted by Gasteiger charge is -2.20. The molecule has 1 atom stereocenters. The molecule has 2 rings (SSSR count). The number of carbonyl (C=O) groups is 1. The molecule has 0 saturated carbocycles. The molecule has 0 fully saturated rings. The van der Waals surface area contributed by atoms with Crippen molar-refractivity contribution in [3.05, 3.63) is 61.8 Å². The molecule has 0 bridgehead atoms. The van der Waals surface area contributed by atoms with Gasteiger partial charge in [0.05, 0.1) is 6.04 Å². The summed E-state index contributed by atoms with van der Waals surface area (Å²) in [6, 6.07) is 7.85. The summed E-state index contributed by atoms with van der Waals surface area (Å²) in [5.41, 5.74) is -0.174. The van der Waals surface area contributed by atoms with Gasteiger partial charge in [-0.05, 0) is 31.0 Å². The molecule has 3 N–H and O–H groups in total. The molecule has 8 heteroatoms. The van der Waals surface area contributed by atoms with Crippen LogP contribution in [0.3, 0.4) is 0 Å². The van der Waals surface area contributed by atoms with E-state index in [1.165, 1.54) is 6.07 Å². The summed E-state index contributed by atoms with van der Waals surface area (Å²) in [6.45, 7) is 1.97. The highest BCUT2D eigenvalue weighted by Gasteiger charge is 2.15. The number of aromatic amines is 1. The fourth-order valence-corrected chi connectivity index (χ4v) is 2.60. The van der Waals surface area contributed by atoms with Crippen LogP contribution in [0.2, 0.25) is 5.02 Å². The number of nitrogens with zero attached hydrogens (tertiary/aromatic N) is 1. The van der Waals surface area contributed by atoms with Crippen molar-refractivity contribution in [2.24, 2.45) is 0 Å². The Morgan fingerprint density at radius 2 is 2.12 bits per heavy atom. The number of carboxylic acid groups (broad SMARTS) is 1. The van der Waals surface area contributed by atoms with Crippen LogP contribution < -0.4 is 16.6 Å². The van der Waals surface area contributed by atoms with Crippen molar-refractivity contribution in [1.29, 1.82) is 0 Å². The van der Waals surface area contributed by atoms with Gasteiger partial charge in [-0.25, -0.2) is 4.79 Å². The largest absolute Gasteiger partial charge is 0.481 e. The number of carboxylic acids is 1. The molecule has 0 aliphatic carbocycles. The van der Waals surface area contributed by atoms with E-state index < -0.39 is 23.3 Å². The lowest BCUT2D eigenvalue weighted by molar-refractivity contribution is -0.137. The first-order valence-corrected chi connectivity index (χ1v) is 7.86. The van der Waals surface area contributed by atoms with Gasteiger partial charge in [0.15, 0.2) is 0 Å². The van der Waals surface area contributed by atoms with Crippen LogP contribution in [0.5, 0.6) is 0 Å². The SMILES string of the molecule is CCn1c(=O)cc(N[C@H](CCC(=O)O)c2cccc(Cl)c2)[nH]c1=O. The smallest absolute Gasteiger partial charge is 0.329 e. The minimum absolute atomic E-state index is 0.0690. The van der Waals surface area contributed by atoms with Crippen molar-refractivity contribution < 1.29 is 9.90 Å². The number of anilines is 1. The molecule has 24 heavy (non-hydrogen) atoms. The Hall–Kier alpha value is -2.54. The van der Waals surface area contributed by atoms with Crippen molar-refractivity contribution in [2.45, 2.75) is 32.4 Å². The predicted molar refractivity (Wildman–Crippen MR) is 91.7 cm³/mol. The number of aliphatic carboxylic acids is 1. The molecule has 1 heterocycles. The van der Waals surface area contributed by atoms with Crippen LogP contribution in [-0.4, -0.2) is 20.6 Å². The zero-order chi connectivity index (χ0) is 17.7. The first-order valence-electron chi connectivity index (χ1n) is 7.48. The fraction of sp³-hybridized carbons (Fsp3) is 0.312. The minimum Gasteiger partial charge on any atom is -0.481 e. The Morgan fingerprint density at radius 1 is 1.38 bits per heavy atom. The first kappa shape index (κ1) is 17.8. The van der Waals surface area contributed by atoms with Crippen LogP contribution in [0.15, 0.2) is 39.9 Å². The summed E-state index contributed by atoms with van der Waals surface area (Å²) in [6.07, 6.45) is 0.203. The van der Waals surface area contributed by atoms with Crippen molar-refractivity contribution in [2.75, 3.05) is 5.32 Å². The van der Waals surface area contributed by atoms with Gasteiger partial charge in [0.25, 0.3) is 5.56 Å². The molecule has 0 saturated heterocycles. The fourth-order valence-electron chi connectivity index (χ4n) is 2.40. The molecule has 0 aliphatic rings. The van der Waals surface area contributed by atoms with Gasteiger partial charge in [0, 0.05) is 24.1 Å². The van der Waals surface area contributed by atoms with Gasteiger partial charge in [-0.15, -0.1) is 0 Å². The van der Waals surface area contributed by atoms with E-state index in [-0.39, 0.29) is 25.2 Å². The Labute approximate surface area is 142 Å². The Kier molecular flexibility index (Phi) is 5.81. The second-order valence-corrected chi connectivity index (χ2v) is 5.69. The van der Waals surface area contributed by atoms with Crippen LogP contribution >= 0.6 is 11.6 Å². The van der Waals surface area contributed by atoms with Crippen LogP contribution in [0.25, 0.3) is 0 Å². The van der Waals surface area contributed by atoms with Gasteiger partial charge in [-0.3, -0.25) is 19.1 Å². The summed E-state index contributed by atoms with van der Waals surface area (Å²) in [5, 5.41) is 12.5. The Balaban J connectivity index is 2.33. The van der Waals surface area contributed by atoms with E-state index in [0.29, 0.717) is 5.02 Å². The van der Waals surface area contributed by atoms with E-state index in [2.05, 4.69) is 10.3 Å². The van der Waals surface area contributed by atoms with Crippen molar-refractivity contribution in [1.82, 2.24) is 9.55 Å². The molecule has 0 spiro atoms. The summed E-state index contributed by atoms with van der Waals surface area (Å²) < 4.78 is 1.07. The average molecular weight is 352 g/mol. The van der Waals surface area contributed by atoms with Gasteiger partial charge < -0.3 is 10.4 Å². The zero-order valence-corrected chi connectivity index (χ0v) is 13.8. The number of hydrogen-bond acceptors (Lipinski definition) is 4. The summed E-state index contributed by atoms with van der Waals surface area (Å²) in [7, 11) is 0. The average Bonchev–Trinajstić information content (AvgIpc) is 2.51. The third-order valence-corrected chi connectivity index (χ3v) is 3.80. The van der Waals surface area contributed by atoms with Crippen LogP contribution in [0, 0.1) is 0 Å². The minimum atomic E-state index is -0.932. The first-order chi connectivity index (χ1) is 11.4. The summed E-state index contributed by atoms with van der Waals surface area (Å²) >= 11 is 5.99. The number of H-pyrrole nitrogens is 1. The monoisotopic (exact) mass is 351 g/mol. The molecule has 2 aromatic rings. The Morgan fingerprint density at radius 3 is 2.71 bits per heavy atom. The van der Waals surface area contributed by atoms with E-state index >= 15 is 0 Å². The lowest BCUT2D eigenvalue weighted by Crippen LogP contribution is -2.34. The number of aromatic nitrogens is 2. The second-order valence-electron chi connectivity index (χ2n) is 5.26. The summed E-state index contributed by atoms with van der Waals surface area (Å²) in [5.74, 6) is -0.691. The van der Waals surface area contributed by atoms with Gasteiger partial charge in [0.2, 0.25) is 0 Å². The highest BCUT2D eigenvalue weighted by atomic mass is 35.5. The van der Waals surface area contributed by atoms with Crippen molar-refractivity contribution in [3.8, 4) is 0 Å². The van der Waals surface area contributed by atoms with Gasteiger partial charge in [-0.1, -0.05) is 23.7 Å². The highest BCUT2D eigenvalue weighted by molar-refractivity contribution is 6.30. The number of hydrogen-bond donors (Lipinski definition) is 3. The predicted octanol–water partition coefficient (Wildman–Crippen LogP) is 2.23. The zero-order valence-electron chi connectivity index (χ0n) is 13.1. The van der Waals surface area contributed by atoms with Crippen molar-refractivity contribution >= 4 is 23.4 Å². The normalized spacial score (nSPS) is 11.9. The highest BCUT2D eigenvalue weighted by Crippen LogP contribution is 2.24. The van der Waals surface area contributed by atoms with E-state index in [9.17, 15) is 14.4 Å². The van der Waals surface area contributed by atoms with Gasteiger partial charge in [0.1, 0.15) is 5.82 Å². The van der Waals surface area contributed by atoms with E-state index in [0.717, 1.165) is 10.1 Å². The Bertz CT molecular complexity index is 812. The van der Waals surface area contributed by atoms with E-state index in [4.69, 9.17) is 16.7 Å². The molecule has 1 aromatic carbocycles. The molecule has 0 aliphatic heterocycles. The maximum Gasteiger partial charge on any atom is 0.329 e. The number of halogens is 1. The molecule has 0 unspecified atom stereocenters. The maximum absolute atomic E-state index is 11.9. The molecule has 128 valence electrons. The maximum atomic E-state index is 11.9. The molecule has 7 nitrogen and oxygen atoms in total. The quantitative estimate of drug-likeness (QED) is 0.709. The molecular weight excluding hydrogens is 334 g/mol. The summed E-state index contributed by atoms with van der Waals surface area (Å²) in [4.78, 5) is 37.3. The number of rotatable bonds is 7. The third kappa shape index (κ3) is 4.48. The topological polar surface area (TPSA) is 104 Å². The van der Waals surface area contributed by atoms with E-state index in [1.54, 1.807) is 31.2 Å². The lowest BCUT2D eigenvalue weighted by atomic mass is 10.0. The standard InChI is InChI=1S/C16H18ClN3O4/c1-2-20-14(21)9-13(19-16(20)24)18-12(6-7-15(22)23)10-4-3-5-11(17)8-10/h3-5,8-9,12,18H,2,6-7H2,1H3,(H,19,24)(H,22,23)/t12-/m1/s1. The molecular formula is C16H18ClN3O4. The van der Waals surface area contributed by atoms with Crippen LogP contribution in [-0.2, 0) is 11.3 Å². The third-order valence-electron chi connectivity index (χ3n) is 3.56. The number of nitrogens with one attached hydrogen (secondary N) is 2. The molecule has 0 amide bonds. The van der Waals surface area contributed by atoms with Crippen LogP contribution in [0.4, 0.5) is 5.82 Å². The van der Waals surface area contributed by atoms with Crippen LogP contribution in [0.1, 0.15) is 31.4 Å². The van der Waals surface area contributed by atoms with Gasteiger partial charge >= 0.3 is 11.7 Å².